The molecule has 0 saturated carbocycles. The third-order valence-corrected chi connectivity index (χ3v) is 3.66. The fourth-order valence-corrected chi connectivity index (χ4v) is 2.15. The summed E-state index contributed by atoms with van der Waals surface area (Å²) in [5.74, 6) is -0.227. The zero-order valence-electron chi connectivity index (χ0n) is 9.44. The van der Waals surface area contributed by atoms with E-state index < -0.39 is 11.4 Å². The Morgan fingerprint density at radius 1 is 1.67 bits per heavy atom. The molecule has 15 heavy (non-hydrogen) atoms. The van der Waals surface area contributed by atoms with E-state index in [-0.39, 0.29) is 0 Å². The van der Waals surface area contributed by atoms with Crippen LogP contribution in [-0.4, -0.2) is 26.6 Å². The van der Waals surface area contributed by atoms with Gasteiger partial charge in [0.2, 0.25) is 0 Å². The van der Waals surface area contributed by atoms with Crippen LogP contribution in [0, 0.1) is 12.3 Å². The van der Waals surface area contributed by atoms with Crippen molar-refractivity contribution in [1.82, 2.24) is 9.78 Å². The highest BCUT2D eigenvalue weighted by molar-refractivity contribution is 7.99. The summed E-state index contributed by atoms with van der Waals surface area (Å²) in [6.07, 6.45) is 0. The molecule has 0 aliphatic heterocycles. The molecule has 0 radical (unpaired) electrons. The first-order valence-corrected chi connectivity index (χ1v) is 5.68. The third kappa shape index (κ3) is 2.99. The number of aryl methyl sites for hydroxylation is 2. The van der Waals surface area contributed by atoms with E-state index in [4.69, 9.17) is 5.11 Å². The lowest BCUT2D eigenvalue weighted by atomic mass is 9.97. The molecule has 0 fully saturated rings. The average molecular weight is 228 g/mol. The summed E-state index contributed by atoms with van der Waals surface area (Å²) in [6.45, 7) is 5.38. The number of rotatable bonds is 4. The molecule has 0 amide bonds. The Bertz CT molecular complexity index is 371. The number of nitrogens with zero attached hydrogens (tertiary/aromatic N) is 2. The minimum absolute atomic E-state index is 0.543. The molecule has 0 aromatic carbocycles. The molecular weight excluding hydrogens is 212 g/mol. The topological polar surface area (TPSA) is 55.1 Å². The van der Waals surface area contributed by atoms with Crippen LogP contribution in [0.25, 0.3) is 0 Å². The van der Waals surface area contributed by atoms with E-state index in [1.54, 1.807) is 18.5 Å². The fourth-order valence-electron chi connectivity index (χ4n) is 1.04. The number of hydrogen-bond donors (Lipinski definition) is 1. The van der Waals surface area contributed by atoms with Crippen molar-refractivity contribution >= 4 is 17.7 Å². The maximum Gasteiger partial charge on any atom is 0.309 e. The molecule has 0 spiro atoms. The van der Waals surface area contributed by atoms with Crippen LogP contribution in [0.2, 0.25) is 0 Å². The van der Waals surface area contributed by atoms with Gasteiger partial charge in [-0.2, -0.15) is 5.10 Å². The van der Waals surface area contributed by atoms with Crippen molar-refractivity contribution in [3.63, 3.8) is 0 Å². The molecule has 1 aromatic rings. The third-order valence-electron chi connectivity index (χ3n) is 2.12. The predicted molar refractivity (Wildman–Crippen MR) is 60.1 cm³/mol. The first kappa shape index (κ1) is 12.1. The second kappa shape index (κ2) is 4.26. The Morgan fingerprint density at radius 2 is 2.27 bits per heavy atom. The molecule has 84 valence electrons. The number of aromatic nitrogens is 2. The van der Waals surface area contributed by atoms with Crippen molar-refractivity contribution in [3.05, 3.63) is 11.8 Å². The molecule has 0 bridgehead atoms. The molecule has 1 N–H and O–H groups in total. The molecule has 1 aromatic heterocycles. The lowest BCUT2D eigenvalue weighted by Gasteiger charge is -2.17. The zero-order valence-corrected chi connectivity index (χ0v) is 10.3. The van der Waals surface area contributed by atoms with Crippen LogP contribution < -0.4 is 0 Å². The van der Waals surface area contributed by atoms with Gasteiger partial charge >= 0.3 is 5.97 Å². The molecule has 1 heterocycles. The normalized spacial score (nSPS) is 11.7. The fraction of sp³-hybridized carbons (Fsp3) is 0.600. The molecule has 4 nitrogen and oxygen atoms in total. The van der Waals surface area contributed by atoms with Crippen molar-refractivity contribution in [2.45, 2.75) is 25.8 Å². The second-order valence-corrected chi connectivity index (χ2v) is 5.22. The number of carboxylic acids is 1. The van der Waals surface area contributed by atoms with Gasteiger partial charge in [0, 0.05) is 12.8 Å². The van der Waals surface area contributed by atoms with Gasteiger partial charge in [0.15, 0.2) is 0 Å². The minimum atomic E-state index is -0.770. The smallest absolute Gasteiger partial charge is 0.309 e. The number of thioether (sulfide) groups is 1. The molecule has 0 saturated heterocycles. The van der Waals surface area contributed by atoms with Crippen molar-refractivity contribution < 1.29 is 9.90 Å². The zero-order chi connectivity index (χ0) is 11.6. The lowest BCUT2D eigenvalue weighted by molar-refractivity contribution is -0.145. The van der Waals surface area contributed by atoms with E-state index in [0.717, 1.165) is 10.7 Å². The Hall–Kier alpha value is -0.970. The van der Waals surface area contributed by atoms with Gasteiger partial charge in [-0.05, 0) is 26.8 Å². The van der Waals surface area contributed by atoms with Gasteiger partial charge in [-0.3, -0.25) is 9.48 Å². The van der Waals surface area contributed by atoms with Crippen LogP contribution in [0.5, 0.6) is 0 Å². The summed E-state index contributed by atoms with van der Waals surface area (Å²) in [5.41, 5.74) is 0.246. The van der Waals surface area contributed by atoms with E-state index in [1.165, 1.54) is 11.8 Å². The van der Waals surface area contributed by atoms with Crippen LogP contribution >= 0.6 is 11.8 Å². The predicted octanol–water partition coefficient (Wildman–Crippen LogP) is 1.93. The SMILES string of the molecule is Cc1cc(SCC(C)(C)C(=O)O)n(C)n1. The maximum absolute atomic E-state index is 10.9. The summed E-state index contributed by atoms with van der Waals surface area (Å²) in [6, 6.07) is 1.96. The van der Waals surface area contributed by atoms with E-state index in [1.807, 2.05) is 20.0 Å². The molecular formula is C10H16N2O2S. The van der Waals surface area contributed by atoms with E-state index >= 15 is 0 Å². The summed E-state index contributed by atoms with van der Waals surface area (Å²) < 4.78 is 1.78. The molecule has 0 aliphatic rings. The Morgan fingerprint density at radius 3 is 2.67 bits per heavy atom. The van der Waals surface area contributed by atoms with Gasteiger partial charge in [-0.15, -0.1) is 11.8 Å². The largest absolute Gasteiger partial charge is 0.481 e. The lowest BCUT2D eigenvalue weighted by Crippen LogP contribution is -2.26. The van der Waals surface area contributed by atoms with Crippen molar-refractivity contribution in [2.75, 3.05) is 5.75 Å². The Balaban J connectivity index is 2.65. The summed E-state index contributed by atoms with van der Waals surface area (Å²) in [7, 11) is 1.86. The first-order chi connectivity index (χ1) is 6.83. The van der Waals surface area contributed by atoms with Crippen LogP contribution in [0.3, 0.4) is 0 Å². The summed E-state index contributed by atoms with van der Waals surface area (Å²) in [5, 5.41) is 14.2. The summed E-state index contributed by atoms with van der Waals surface area (Å²) in [4.78, 5) is 10.9. The van der Waals surface area contributed by atoms with Crippen LogP contribution in [0.15, 0.2) is 11.1 Å². The quantitative estimate of drug-likeness (QED) is 0.800. The molecule has 0 aliphatic carbocycles. The monoisotopic (exact) mass is 228 g/mol. The average Bonchev–Trinajstić information content (AvgIpc) is 2.41. The highest BCUT2D eigenvalue weighted by Crippen LogP contribution is 2.27. The van der Waals surface area contributed by atoms with Crippen molar-refractivity contribution in [1.29, 1.82) is 0 Å². The number of carbonyl (C=O) groups is 1. The van der Waals surface area contributed by atoms with Crippen molar-refractivity contribution in [2.24, 2.45) is 12.5 Å². The van der Waals surface area contributed by atoms with Crippen LogP contribution in [0.1, 0.15) is 19.5 Å². The number of carboxylic acid groups (broad SMARTS) is 1. The minimum Gasteiger partial charge on any atom is -0.481 e. The Labute approximate surface area is 93.7 Å². The van der Waals surface area contributed by atoms with Gasteiger partial charge < -0.3 is 5.11 Å². The second-order valence-electron chi connectivity index (χ2n) is 4.23. The highest BCUT2D eigenvalue weighted by Gasteiger charge is 2.27. The first-order valence-electron chi connectivity index (χ1n) is 4.70. The summed E-state index contributed by atoms with van der Waals surface area (Å²) >= 11 is 1.52. The standard InChI is InChI=1S/C10H16N2O2S/c1-7-5-8(12(4)11-7)15-6-10(2,3)9(13)14/h5H,6H2,1-4H3,(H,13,14). The van der Waals surface area contributed by atoms with Gasteiger partial charge in [0.05, 0.1) is 16.1 Å². The van der Waals surface area contributed by atoms with Crippen LogP contribution in [0.4, 0.5) is 0 Å². The Kier molecular flexibility index (Phi) is 3.44. The molecule has 0 atom stereocenters. The van der Waals surface area contributed by atoms with Crippen molar-refractivity contribution in [3.8, 4) is 0 Å². The number of hydrogen-bond acceptors (Lipinski definition) is 3. The van der Waals surface area contributed by atoms with Gasteiger partial charge in [0.1, 0.15) is 0 Å². The molecule has 1 rings (SSSR count). The molecule has 0 unspecified atom stereocenters. The molecule has 5 heteroatoms. The van der Waals surface area contributed by atoms with Gasteiger partial charge in [-0.1, -0.05) is 0 Å². The van der Waals surface area contributed by atoms with E-state index in [9.17, 15) is 4.79 Å². The number of aliphatic carboxylic acids is 1. The highest BCUT2D eigenvalue weighted by atomic mass is 32.2. The van der Waals surface area contributed by atoms with E-state index in [0.29, 0.717) is 5.75 Å². The van der Waals surface area contributed by atoms with Gasteiger partial charge in [0.25, 0.3) is 0 Å². The van der Waals surface area contributed by atoms with Crippen LogP contribution in [-0.2, 0) is 11.8 Å². The van der Waals surface area contributed by atoms with E-state index in [2.05, 4.69) is 5.10 Å². The maximum atomic E-state index is 10.9. The van der Waals surface area contributed by atoms with Gasteiger partial charge in [-0.25, -0.2) is 0 Å².